The topological polar surface area (TPSA) is 30.5 Å². The lowest BCUT2D eigenvalue weighted by Crippen LogP contribution is -2.04. The molecule has 0 aromatic heterocycles. The zero-order chi connectivity index (χ0) is 15.4. The fourth-order valence-electron chi connectivity index (χ4n) is 2.64. The maximum Gasteiger partial charge on any atom is 0.161 e. The van der Waals surface area contributed by atoms with E-state index in [1.54, 1.807) is 14.2 Å². The number of hydrogen-bond donors (Lipinski definition) is 1. The lowest BCUT2D eigenvalue weighted by molar-refractivity contribution is 0.354. The molecule has 0 aliphatic rings. The molecule has 0 saturated heterocycles. The van der Waals surface area contributed by atoms with E-state index in [4.69, 9.17) is 9.47 Å². The van der Waals surface area contributed by atoms with E-state index in [-0.39, 0.29) is 0 Å². The fraction of sp³-hybridized carbons (Fsp3) is 0.333. The molecule has 0 aliphatic carbocycles. The molecular formula is C18H23NO2. The van der Waals surface area contributed by atoms with Crippen LogP contribution in [0.4, 0.5) is 5.69 Å². The summed E-state index contributed by atoms with van der Waals surface area (Å²) in [6, 6.07) is 10.4. The highest BCUT2D eigenvalue weighted by Gasteiger charge is 2.06. The quantitative estimate of drug-likeness (QED) is 0.891. The number of aryl methyl sites for hydroxylation is 3. The molecule has 0 bridgehead atoms. The molecule has 112 valence electrons. The molecule has 0 unspecified atom stereocenters. The van der Waals surface area contributed by atoms with Crippen LogP contribution in [0.15, 0.2) is 30.3 Å². The number of ether oxygens (including phenoxy) is 2. The van der Waals surface area contributed by atoms with E-state index in [1.807, 2.05) is 18.2 Å². The maximum absolute atomic E-state index is 5.34. The van der Waals surface area contributed by atoms with Gasteiger partial charge in [0.15, 0.2) is 11.5 Å². The summed E-state index contributed by atoms with van der Waals surface area (Å²) in [4.78, 5) is 0. The Hall–Kier alpha value is -2.16. The number of hydrogen-bond acceptors (Lipinski definition) is 3. The van der Waals surface area contributed by atoms with Crippen LogP contribution in [0.2, 0.25) is 0 Å². The van der Waals surface area contributed by atoms with Gasteiger partial charge in [-0.3, -0.25) is 0 Å². The summed E-state index contributed by atoms with van der Waals surface area (Å²) in [5, 5.41) is 3.52. The second-order valence-electron chi connectivity index (χ2n) is 5.32. The Kier molecular flexibility index (Phi) is 4.73. The molecule has 3 nitrogen and oxygen atoms in total. The Bertz CT molecular complexity index is 612. The molecule has 21 heavy (non-hydrogen) atoms. The van der Waals surface area contributed by atoms with E-state index in [0.717, 1.165) is 23.6 Å². The van der Waals surface area contributed by atoms with E-state index in [1.165, 1.54) is 22.4 Å². The Morgan fingerprint density at radius 3 is 2.05 bits per heavy atom. The lowest BCUT2D eigenvalue weighted by Gasteiger charge is -2.15. The van der Waals surface area contributed by atoms with Gasteiger partial charge in [-0.1, -0.05) is 23.8 Å². The first-order valence-corrected chi connectivity index (χ1v) is 7.07. The molecule has 0 fully saturated rings. The summed E-state index contributed by atoms with van der Waals surface area (Å²) in [7, 11) is 3.30. The van der Waals surface area contributed by atoms with Crippen molar-refractivity contribution in [2.24, 2.45) is 0 Å². The highest BCUT2D eigenvalue weighted by molar-refractivity contribution is 5.58. The monoisotopic (exact) mass is 285 g/mol. The predicted molar refractivity (Wildman–Crippen MR) is 87.5 cm³/mol. The zero-order valence-corrected chi connectivity index (χ0v) is 13.4. The van der Waals surface area contributed by atoms with Gasteiger partial charge in [-0.15, -0.1) is 0 Å². The average molecular weight is 285 g/mol. The summed E-state index contributed by atoms with van der Waals surface area (Å²) in [5.41, 5.74) is 6.20. The Morgan fingerprint density at radius 1 is 0.857 bits per heavy atom. The molecule has 0 amide bonds. The zero-order valence-electron chi connectivity index (χ0n) is 13.4. The van der Waals surface area contributed by atoms with Crippen molar-refractivity contribution >= 4 is 5.69 Å². The van der Waals surface area contributed by atoms with Crippen molar-refractivity contribution in [2.75, 3.05) is 19.5 Å². The minimum absolute atomic E-state index is 0.754. The highest BCUT2D eigenvalue weighted by Crippen LogP contribution is 2.28. The van der Waals surface area contributed by atoms with Crippen molar-refractivity contribution in [1.82, 2.24) is 0 Å². The summed E-state index contributed by atoms with van der Waals surface area (Å²) in [6.07, 6.45) is 0. The third-order valence-electron chi connectivity index (χ3n) is 3.59. The van der Waals surface area contributed by atoms with E-state index in [2.05, 4.69) is 38.2 Å². The number of nitrogens with one attached hydrogen (secondary N) is 1. The van der Waals surface area contributed by atoms with Crippen molar-refractivity contribution < 1.29 is 9.47 Å². The summed E-state index contributed by atoms with van der Waals surface area (Å²) in [5.74, 6) is 1.51. The highest BCUT2D eigenvalue weighted by atomic mass is 16.5. The van der Waals surface area contributed by atoms with Crippen LogP contribution in [-0.2, 0) is 6.54 Å². The van der Waals surface area contributed by atoms with Crippen LogP contribution in [-0.4, -0.2) is 14.2 Å². The molecule has 2 rings (SSSR count). The van der Waals surface area contributed by atoms with Crippen molar-refractivity contribution in [2.45, 2.75) is 27.3 Å². The van der Waals surface area contributed by atoms with Gasteiger partial charge in [0.2, 0.25) is 0 Å². The van der Waals surface area contributed by atoms with E-state index < -0.39 is 0 Å². The van der Waals surface area contributed by atoms with Gasteiger partial charge in [-0.2, -0.15) is 0 Å². The second kappa shape index (κ2) is 6.53. The number of rotatable bonds is 5. The minimum Gasteiger partial charge on any atom is -0.493 e. The molecule has 0 heterocycles. The third kappa shape index (κ3) is 3.48. The second-order valence-corrected chi connectivity index (χ2v) is 5.32. The van der Waals surface area contributed by atoms with E-state index in [0.29, 0.717) is 0 Å². The van der Waals surface area contributed by atoms with Crippen molar-refractivity contribution in [1.29, 1.82) is 0 Å². The van der Waals surface area contributed by atoms with Gasteiger partial charge in [0.1, 0.15) is 0 Å². The van der Waals surface area contributed by atoms with Crippen LogP contribution in [0.3, 0.4) is 0 Å². The van der Waals surface area contributed by atoms with Crippen molar-refractivity contribution in [3.8, 4) is 11.5 Å². The van der Waals surface area contributed by atoms with Crippen molar-refractivity contribution in [3.63, 3.8) is 0 Å². The largest absolute Gasteiger partial charge is 0.493 e. The van der Waals surface area contributed by atoms with Crippen LogP contribution in [0.5, 0.6) is 11.5 Å². The maximum atomic E-state index is 5.34. The Morgan fingerprint density at radius 2 is 1.48 bits per heavy atom. The molecule has 0 radical (unpaired) electrons. The minimum atomic E-state index is 0.754. The van der Waals surface area contributed by atoms with Gasteiger partial charge in [-0.05, 0) is 49.6 Å². The number of anilines is 1. The van der Waals surface area contributed by atoms with Crippen molar-refractivity contribution in [3.05, 3.63) is 52.6 Å². The van der Waals surface area contributed by atoms with Crippen LogP contribution in [0.25, 0.3) is 0 Å². The van der Waals surface area contributed by atoms with Gasteiger partial charge in [-0.25, -0.2) is 0 Å². The van der Waals surface area contributed by atoms with Gasteiger partial charge in [0.05, 0.1) is 14.2 Å². The molecule has 0 atom stereocenters. The summed E-state index contributed by atoms with van der Waals surface area (Å²) < 4.78 is 10.6. The van der Waals surface area contributed by atoms with Crippen LogP contribution >= 0.6 is 0 Å². The first-order chi connectivity index (χ1) is 10.0. The summed E-state index contributed by atoms with van der Waals surface area (Å²) in [6.45, 7) is 7.15. The van der Waals surface area contributed by atoms with E-state index in [9.17, 15) is 0 Å². The molecule has 2 aromatic rings. The van der Waals surface area contributed by atoms with Crippen LogP contribution in [0.1, 0.15) is 22.3 Å². The van der Waals surface area contributed by atoms with Gasteiger partial charge in [0.25, 0.3) is 0 Å². The van der Waals surface area contributed by atoms with Gasteiger partial charge in [0, 0.05) is 12.2 Å². The SMILES string of the molecule is COc1ccc(CNc2c(C)cc(C)cc2C)cc1OC. The smallest absolute Gasteiger partial charge is 0.161 e. The van der Waals surface area contributed by atoms with Gasteiger partial charge < -0.3 is 14.8 Å². The van der Waals surface area contributed by atoms with Gasteiger partial charge >= 0.3 is 0 Å². The molecule has 0 aliphatic heterocycles. The first kappa shape index (κ1) is 15.2. The molecule has 2 aromatic carbocycles. The normalized spacial score (nSPS) is 10.3. The standard InChI is InChI=1S/C18H23NO2/c1-12-8-13(2)18(14(3)9-12)19-11-15-6-7-16(20-4)17(10-15)21-5/h6-10,19H,11H2,1-5H3. The van der Waals surface area contributed by atoms with Crippen LogP contribution < -0.4 is 14.8 Å². The first-order valence-electron chi connectivity index (χ1n) is 7.07. The predicted octanol–water partition coefficient (Wildman–Crippen LogP) is 4.24. The number of benzene rings is 2. The lowest BCUT2D eigenvalue weighted by atomic mass is 10.0. The van der Waals surface area contributed by atoms with E-state index >= 15 is 0 Å². The molecule has 0 spiro atoms. The van der Waals surface area contributed by atoms with Crippen LogP contribution in [0, 0.1) is 20.8 Å². The average Bonchev–Trinajstić information content (AvgIpc) is 2.45. The molecule has 3 heteroatoms. The fourth-order valence-corrected chi connectivity index (χ4v) is 2.64. The summed E-state index contributed by atoms with van der Waals surface area (Å²) >= 11 is 0. The Balaban J connectivity index is 2.17. The molecule has 1 N–H and O–H groups in total. The Labute approximate surface area is 126 Å². The molecular weight excluding hydrogens is 262 g/mol. The number of methoxy groups -OCH3 is 2. The third-order valence-corrected chi connectivity index (χ3v) is 3.59. The molecule has 0 saturated carbocycles.